The maximum Gasteiger partial charge on any atom is 0.308 e. The number of nitrogens with one attached hydrogen (secondary N) is 1. The summed E-state index contributed by atoms with van der Waals surface area (Å²) in [6, 6.07) is 18.0. The van der Waals surface area contributed by atoms with E-state index in [2.05, 4.69) is 5.32 Å². The lowest BCUT2D eigenvalue weighted by molar-refractivity contribution is -0.114. The highest BCUT2D eigenvalue weighted by Gasteiger charge is 2.27. The largest absolute Gasteiger partial charge is 0.324 e. The summed E-state index contributed by atoms with van der Waals surface area (Å²) in [6.07, 6.45) is 0. The van der Waals surface area contributed by atoms with Gasteiger partial charge in [0.2, 0.25) is 5.91 Å². The van der Waals surface area contributed by atoms with Crippen LogP contribution < -0.4 is 14.5 Å². The van der Waals surface area contributed by atoms with Crippen LogP contribution >= 0.6 is 22.9 Å². The molecule has 7 nitrogen and oxygen atoms in total. The maximum absolute atomic E-state index is 13.5. The number of carbonyl (C=O) groups excluding carboxylic acids is 1. The average molecular weight is 530 g/mol. The Morgan fingerprint density at radius 3 is 2.46 bits per heavy atom. The molecule has 0 saturated carbocycles. The van der Waals surface area contributed by atoms with E-state index in [0.717, 1.165) is 31.4 Å². The van der Waals surface area contributed by atoms with Gasteiger partial charge in [-0.3, -0.25) is 18.5 Å². The second kappa shape index (κ2) is 9.85. The Hall–Kier alpha value is -3.14. The molecule has 1 aromatic heterocycles. The van der Waals surface area contributed by atoms with E-state index in [0.29, 0.717) is 10.7 Å². The number of fused-ring (bicyclic) bond motifs is 1. The molecule has 0 atom stereocenters. The summed E-state index contributed by atoms with van der Waals surface area (Å²) in [5, 5.41) is 3.11. The predicted octanol–water partition coefficient (Wildman–Crippen LogP) is 5.44. The van der Waals surface area contributed by atoms with Crippen molar-refractivity contribution in [3.63, 3.8) is 0 Å². The summed E-state index contributed by atoms with van der Waals surface area (Å²) >= 11 is 7.21. The maximum atomic E-state index is 13.5. The van der Waals surface area contributed by atoms with Crippen molar-refractivity contribution in [2.45, 2.75) is 31.7 Å². The van der Waals surface area contributed by atoms with Gasteiger partial charge in [0.05, 0.1) is 20.8 Å². The smallest absolute Gasteiger partial charge is 0.308 e. The zero-order valence-electron chi connectivity index (χ0n) is 19.4. The third-order valence-electron chi connectivity index (χ3n) is 5.41. The van der Waals surface area contributed by atoms with Gasteiger partial charge in [-0.15, -0.1) is 0 Å². The molecule has 0 bridgehead atoms. The van der Waals surface area contributed by atoms with E-state index in [4.69, 9.17) is 11.6 Å². The van der Waals surface area contributed by atoms with Gasteiger partial charge in [-0.1, -0.05) is 46.7 Å². The molecule has 4 rings (SSSR count). The Morgan fingerprint density at radius 1 is 1.09 bits per heavy atom. The first kappa shape index (κ1) is 25.0. The second-order valence-corrected chi connectivity index (χ2v) is 11.7. The van der Waals surface area contributed by atoms with Gasteiger partial charge in [0.15, 0.2) is 0 Å². The lowest BCUT2D eigenvalue weighted by Crippen LogP contribution is -2.38. The van der Waals surface area contributed by atoms with Crippen LogP contribution in [-0.2, 0) is 14.8 Å². The van der Waals surface area contributed by atoms with E-state index in [9.17, 15) is 18.0 Å². The molecule has 0 saturated heterocycles. The van der Waals surface area contributed by atoms with Gasteiger partial charge in [0.25, 0.3) is 10.0 Å². The van der Waals surface area contributed by atoms with E-state index in [1.807, 2.05) is 20.8 Å². The molecule has 1 amide bonds. The molecule has 0 aliphatic heterocycles. The minimum absolute atomic E-state index is 0.00919. The topological polar surface area (TPSA) is 88.5 Å². The number of carbonyl (C=O) groups is 1. The zero-order chi connectivity index (χ0) is 25.3. The molecular weight excluding hydrogens is 506 g/mol. The first-order chi connectivity index (χ1) is 16.6. The van der Waals surface area contributed by atoms with Crippen LogP contribution in [0.25, 0.3) is 10.2 Å². The lowest BCUT2D eigenvalue weighted by atomic mass is 10.2. The Kier molecular flexibility index (Phi) is 7.02. The predicted molar refractivity (Wildman–Crippen MR) is 142 cm³/mol. The van der Waals surface area contributed by atoms with Crippen LogP contribution in [0.1, 0.15) is 25.5 Å². The van der Waals surface area contributed by atoms with Crippen LogP contribution in [0, 0.1) is 6.92 Å². The van der Waals surface area contributed by atoms with Gasteiger partial charge >= 0.3 is 4.87 Å². The monoisotopic (exact) mass is 529 g/mol. The number of thiazole rings is 1. The number of nitrogens with zero attached hydrogens (tertiary/aromatic N) is 2. The van der Waals surface area contributed by atoms with E-state index >= 15 is 0 Å². The fourth-order valence-corrected chi connectivity index (χ4v) is 6.37. The van der Waals surface area contributed by atoms with E-state index in [1.54, 1.807) is 53.1 Å². The van der Waals surface area contributed by atoms with Gasteiger partial charge < -0.3 is 5.32 Å². The van der Waals surface area contributed by atoms with Crippen LogP contribution in [0.4, 0.5) is 11.4 Å². The summed E-state index contributed by atoms with van der Waals surface area (Å²) in [4.78, 5) is 25.3. The molecule has 3 aromatic carbocycles. The van der Waals surface area contributed by atoms with E-state index in [1.165, 1.54) is 18.2 Å². The molecule has 1 heterocycles. The minimum Gasteiger partial charge on any atom is -0.324 e. The molecule has 182 valence electrons. The van der Waals surface area contributed by atoms with Crippen molar-refractivity contribution in [1.82, 2.24) is 4.57 Å². The molecule has 0 aliphatic carbocycles. The molecule has 0 spiro atoms. The van der Waals surface area contributed by atoms with Crippen LogP contribution in [0.5, 0.6) is 0 Å². The third-order valence-corrected chi connectivity index (χ3v) is 8.35. The number of rotatable bonds is 7. The first-order valence-corrected chi connectivity index (χ1v) is 13.5. The highest BCUT2D eigenvalue weighted by atomic mass is 35.5. The van der Waals surface area contributed by atoms with Crippen molar-refractivity contribution in [3.8, 4) is 0 Å². The molecule has 4 aromatic rings. The number of amides is 1. The standard InChI is InChI=1S/C25H24ClN3O4S2/c1-16(2)29-22-12-9-19(14-23(22)34-25(29)31)27-24(30)15-28(20-6-4-5-18(26)13-20)35(32,33)21-10-7-17(3)8-11-21/h4-14,16H,15H2,1-3H3,(H,27,30). The number of anilines is 2. The second-order valence-electron chi connectivity index (χ2n) is 8.37. The molecule has 0 radical (unpaired) electrons. The Bertz CT molecular complexity index is 1560. The average Bonchev–Trinajstić information content (AvgIpc) is 3.12. The van der Waals surface area contributed by atoms with Gasteiger partial charge in [-0.2, -0.15) is 0 Å². The van der Waals surface area contributed by atoms with Gasteiger partial charge in [-0.05, 0) is 69.3 Å². The van der Waals surface area contributed by atoms with Crippen LogP contribution in [0.3, 0.4) is 0 Å². The van der Waals surface area contributed by atoms with Crippen molar-refractivity contribution in [2.75, 3.05) is 16.2 Å². The van der Waals surface area contributed by atoms with Gasteiger partial charge in [0.1, 0.15) is 6.54 Å². The van der Waals surface area contributed by atoms with Gasteiger partial charge in [0, 0.05) is 16.8 Å². The Morgan fingerprint density at radius 2 is 1.80 bits per heavy atom. The van der Waals surface area contributed by atoms with E-state index < -0.39 is 22.5 Å². The molecule has 10 heteroatoms. The summed E-state index contributed by atoms with van der Waals surface area (Å²) < 4.78 is 30.4. The minimum atomic E-state index is -4.05. The Balaban J connectivity index is 1.65. The SMILES string of the molecule is Cc1ccc(S(=O)(=O)N(CC(=O)Nc2ccc3c(c2)sc(=O)n3C(C)C)c2cccc(Cl)c2)cc1. The first-order valence-electron chi connectivity index (χ1n) is 10.9. The number of aromatic nitrogens is 1. The molecular formula is C25H24ClN3O4S2. The summed E-state index contributed by atoms with van der Waals surface area (Å²) in [5.41, 5.74) is 2.45. The fraction of sp³-hybridized carbons (Fsp3) is 0.200. The number of benzene rings is 3. The quantitative estimate of drug-likeness (QED) is 0.345. The van der Waals surface area contributed by atoms with Crippen molar-refractivity contribution < 1.29 is 13.2 Å². The van der Waals surface area contributed by atoms with Gasteiger partial charge in [-0.25, -0.2) is 8.42 Å². The molecule has 0 aliphatic rings. The highest BCUT2D eigenvalue weighted by Crippen LogP contribution is 2.27. The third kappa shape index (κ3) is 5.27. The van der Waals surface area contributed by atoms with Crippen molar-refractivity contribution in [3.05, 3.63) is 87.0 Å². The van der Waals surface area contributed by atoms with Crippen LogP contribution in [0.2, 0.25) is 5.02 Å². The highest BCUT2D eigenvalue weighted by molar-refractivity contribution is 7.92. The van der Waals surface area contributed by atoms with Crippen molar-refractivity contribution in [1.29, 1.82) is 0 Å². The van der Waals surface area contributed by atoms with Crippen molar-refractivity contribution in [2.24, 2.45) is 0 Å². The van der Waals surface area contributed by atoms with Crippen LogP contribution in [0.15, 0.2) is 76.4 Å². The lowest BCUT2D eigenvalue weighted by Gasteiger charge is -2.24. The fourth-order valence-electron chi connectivity index (χ4n) is 3.72. The number of hydrogen-bond acceptors (Lipinski definition) is 5. The molecule has 0 unspecified atom stereocenters. The molecule has 35 heavy (non-hydrogen) atoms. The zero-order valence-corrected chi connectivity index (χ0v) is 21.7. The normalized spacial score (nSPS) is 11.7. The summed E-state index contributed by atoms with van der Waals surface area (Å²) in [5.74, 6) is -0.532. The summed E-state index contributed by atoms with van der Waals surface area (Å²) in [7, 11) is -4.05. The number of sulfonamides is 1. The van der Waals surface area contributed by atoms with Crippen molar-refractivity contribution >= 4 is 60.5 Å². The van der Waals surface area contributed by atoms with Crippen LogP contribution in [-0.4, -0.2) is 25.4 Å². The number of halogens is 1. The Labute approximate surface area is 212 Å². The number of aryl methyl sites for hydroxylation is 1. The summed E-state index contributed by atoms with van der Waals surface area (Å²) in [6.45, 7) is 5.27. The molecule has 1 N–H and O–H groups in total. The number of hydrogen-bond donors (Lipinski definition) is 1. The van der Waals surface area contributed by atoms with E-state index in [-0.39, 0.29) is 21.5 Å². The molecule has 0 fully saturated rings.